The lowest BCUT2D eigenvalue weighted by molar-refractivity contribution is -0.122. The third kappa shape index (κ3) is 2.63. The quantitative estimate of drug-likeness (QED) is 0.755. The summed E-state index contributed by atoms with van der Waals surface area (Å²) in [4.78, 5) is 11.8. The molecular weight excluding hydrogens is 198 g/mol. The second kappa shape index (κ2) is 5.15. The van der Waals surface area contributed by atoms with Gasteiger partial charge in [0.1, 0.15) is 0 Å². The summed E-state index contributed by atoms with van der Waals surface area (Å²) >= 11 is 0. The molecule has 1 aromatic carbocycles. The maximum Gasteiger partial charge on any atom is 0.223 e. The third-order valence-electron chi connectivity index (χ3n) is 3.18. The standard InChI is InChI=1S/C14H19NO/c1-2-3-9-15-14(16)13-10-12(13)11-7-5-4-6-8-11/h4-8,12-13H,2-3,9-10H2,1H3,(H,15,16). The van der Waals surface area contributed by atoms with Crippen LogP contribution in [0.3, 0.4) is 0 Å². The summed E-state index contributed by atoms with van der Waals surface area (Å²) in [5.41, 5.74) is 1.30. The fraction of sp³-hybridized carbons (Fsp3) is 0.500. The van der Waals surface area contributed by atoms with Crippen molar-refractivity contribution < 1.29 is 4.79 Å². The Morgan fingerprint density at radius 2 is 2.12 bits per heavy atom. The van der Waals surface area contributed by atoms with E-state index < -0.39 is 0 Å². The zero-order valence-electron chi connectivity index (χ0n) is 9.78. The van der Waals surface area contributed by atoms with Gasteiger partial charge in [0.2, 0.25) is 5.91 Å². The van der Waals surface area contributed by atoms with Crippen LogP contribution in [-0.4, -0.2) is 12.5 Å². The minimum absolute atomic E-state index is 0.222. The normalized spacial score (nSPS) is 22.8. The molecule has 0 saturated heterocycles. The van der Waals surface area contributed by atoms with Crippen molar-refractivity contribution in [1.29, 1.82) is 0 Å². The lowest BCUT2D eigenvalue weighted by Crippen LogP contribution is -2.26. The molecule has 1 amide bonds. The number of hydrogen-bond acceptors (Lipinski definition) is 1. The molecule has 2 nitrogen and oxygen atoms in total. The van der Waals surface area contributed by atoms with Gasteiger partial charge >= 0.3 is 0 Å². The van der Waals surface area contributed by atoms with Crippen LogP contribution < -0.4 is 5.32 Å². The average Bonchev–Trinajstić information content (AvgIpc) is 3.10. The van der Waals surface area contributed by atoms with E-state index in [1.54, 1.807) is 0 Å². The number of unbranched alkanes of at least 4 members (excludes halogenated alkanes) is 1. The summed E-state index contributed by atoms with van der Waals surface area (Å²) in [6.07, 6.45) is 3.23. The molecule has 0 bridgehead atoms. The predicted octanol–water partition coefficient (Wildman–Crippen LogP) is 2.71. The molecule has 2 unspecified atom stereocenters. The van der Waals surface area contributed by atoms with Crippen LogP contribution in [0.25, 0.3) is 0 Å². The molecule has 1 N–H and O–H groups in total. The SMILES string of the molecule is CCCCNC(=O)C1CC1c1ccccc1. The molecule has 16 heavy (non-hydrogen) atoms. The highest BCUT2D eigenvalue weighted by Gasteiger charge is 2.43. The molecule has 1 aromatic rings. The highest BCUT2D eigenvalue weighted by Crippen LogP contribution is 2.47. The molecule has 2 atom stereocenters. The average molecular weight is 217 g/mol. The summed E-state index contributed by atoms with van der Waals surface area (Å²) < 4.78 is 0. The van der Waals surface area contributed by atoms with Crippen LogP contribution in [0, 0.1) is 5.92 Å². The van der Waals surface area contributed by atoms with E-state index >= 15 is 0 Å². The lowest BCUT2D eigenvalue weighted by Gasteiger charge is -2.03. The van der Waals surface area contributed by atoms with Crippen molar-refractivity contribution in [2.24, 2.45) is 5.92 Å². The molecule has 0 spiro atoms. The largest absolute Gasteiger partial charge is 0.356 e. The molecule has 0 radical (unpaired) electrons. The van der Waals surface area contributed by atoms with E-state index in [1.807, 2.05) is 18.2 Å². The van der Waals surface area contributed by atoms with E-state index in [-0.39, 0.29) is 11.8 Å². The van der Waals surface area contributed by atoms with Crippen LogP contribution >= 0.6 is 0 Å². The Bertz CT molecular complexity index is 347. The van der Waals surface area contributed by atoms with Gasteiger partial charge in [0.05, 0.1) is 0 Å². The number of amides is 1. The first-order chi connectivity index (χ1) is 7.83. The number of benzene rings is 1. The second-order valence-corrected chi connectivity index (χ2v) is 4.50. The zero-order valence-corrected chi connectivity index (χ0v) is 9.78. The molecule has 1 aliphatic rings. The van der Waals surface area contributed by atoms with Crippen molar-refractivity contribution in [3.63, 3.8) is 0 Å². The summed E-state index contributed by atoms with van der Waals surface area (Å²) in [5.74, 6) is 0.921. The highest BCUT2D eigenvalue weighted by atomic mass is 16.2. The predicted molar refractivity (Wildman–Crippen MR) is 65.2 cm³/mol. The molecule has 2 heteroatoms. The lowest BCUT2D eigenvalue weighted by atomic mass is 10.1. The van der Waals surface area contributed by atoms with Crippen LogP contribution in [0.5, 0.6) is 0 Å². The Morgan fingerprint density at radius 3 is 2.81 bits per heavy atom. The minimum atomic E-state index is 0.222. The number of carbonyl (C=O) groups is 1. The molecule has 1 saturated carbocycles. The summed E-state index contributed by atoms with van der Waals surface area (Å²) in [7, 11) is 0. The fourth-order valence-electron chi connectivity index (χ4n) is 2.07. The first-order valence-corrected chi connectivity index (χ1v) is 6.15. The maximum absolute atomic E-state index is 11.8. The molecule has 2 rings (SSSR count). The zero-order chi connectivity index (χ0) is 11.4. The number of hydrogen-bond donors (Lipinski definition) is 1. The Morgan fingerprint density at radius 1 is 1.38 bits per heavy atom. The second-order valence-electron chi connectivity index (χ2n) is 4.50. The van der Waals surface area contributed by atoms with Gasteiger partial charge in [-0.2, -0.15) is 0 Å². The Hall–Kier alpha value is -1.31. The van der Waals surface area contributed by atoms with Crippen LogP contribution in [-0.2, 0) is 4.79 Å². The molecule has 1 fully saturated rings. The van der Waals surface area contributed by atoms with Crippen molar-refractivity contribution in [1.82, 2.24) is 5.32 Å². The smallest absolute Gasteiger partial charge is 0.223 e. The van der Waals surface area contributed by atoms with Crippen LogP contribution in [0.1, 0.15) is 37.7 Å². The van der Waals surface area contributed by atoms with E-state index in [9.17, 15) is 4.79 Å². The van der Waals surface area contributed by atoms with E-state index in [0.29, 0.717) is 5.92 Å². The van der Waals surface area contributed by atoms with Crippen LogP contribution in [0.2, 0.25) is 0 Å². The van der Waals surface area contributed by atoms with Gasteiger partial charge in [-0.15, -0.1) is 0 Å². The van der Waals surface area contributed by atoms with Gasteiger partial charge in [-0.25, -0.2) is 0 Å². The van der Waals surface area contributed by atoms with Crippen LogP contribution in [0.15, 0.2) is 30.3 Å². The van der Waals surface area contributed by atoms with Gasteiger partial charge in [-0.1, -0.05) is 43.7 Å². The molecule has 86 valence electrons. The monoisotopic (exact) mass is 217 g/mol. The van der Waals surface area contributed by atoms with E-state index in [1.165, 1.54) is 5.56 Å². The number of rotatable bonds is 5. The van der Waals surface area contributed by atoms with Crippen molar-refractivity contribution in [2.75, 3.05) is 6.54 Å². The van der Waals surface area contributed by atoms with Gasteiger partial charge in [0, 0.05) is 12.5 Å². The van der Waals surface area contributed by atoms with Gasteiger partial charge < -0.3 is 5.32 Å². The molecule has 0 aliphatic heterocycles. The van der Waals surface area contributed by atoms with E-state index in [4.69, 9.17) is 0 Å². The molecule has 0 aromatic heterocycles. The number of nitrogens with one attached hydrogen (secondary N) is 1. The molecular formula is C14H19NO. The van der Waals surface area contributed by atoms with Crippen molar-refractivity contribution in [3.8, 4) is 0 Å². The Kier molecular flexibility index (Phi) is 3.60. The van der Waals surface area contributed by atoms with Gasteiger partial charge in [-0.05, 0) is 24.3 Å². The summed E-state index contributed by atoms with van der Waals surface area (Å²) in [6, 6.07) is 10.3. The van der Waals surface area contributed by atoms with Crippen LogP contribution in [0.4, 0.5) is 0 Å². The Balaban J connectivity index is 1.80. The summed E-state index contributed by atoms with van der Waals surface area (Å²) in [6.45, 7) is 2.96. The van der Waals surface area contributed by atoms with Gasteiger partial charge in [0.15, 0.2) is 0 Å². The number of carbonyl (C=O) groups excluding carboxylic acids is 1. The highest BCUT2D eigenvalue weighted by molar-refractivity contribution is 5.82. The third-order valence-corrected chi connectivity index (χ3v) is 3.18. The Labute approximate surface area is 97.1 Å². The first kappa shape index (κ1) is 11.2. The van der Waals surface area contributed by atoms with Crippen molar-refractivity contribution in [2.45, 2.75) is 32.1 Å². The van der Waals surface area contributed by atoms with Gasteiger partial charge in [-0.3, -0.25) is 4.79 Å². The summed E-state index contributed by atoms with van der Waals surface area (Å²) in [5, 5.41) is 3.01. The molecule has 0 heterocycles. The van der Waals surface area contributed by atoms with E-state index in [2.05, 4.69) is 24.4 Å². The van der Waals surface area contributed by atoms with Crippen molar-refractivity contribution in [3.05, 3.63) is 35.9 Å². The van der Waals surface area contributed by atoms with Gasteiger partial charge in [0.25, 0.3) is 0 Å². The minimum Gasteiger partial charge on any atom is -0.356 e. The molecule has 1 aliphatic carbocycles. The van der Waals surface area contributed by atoms with Crippen molar-refractivity contribution >= 4 is 5.91 Å². The fourth-order valence-corrected chi connectivity index (χ4v) is 2.07. The first-order valence-electron chi connectivity index (χ1n) is 6.15. The maximum atomic E-state index is 11.8. The van der Waals surface area contributed by atoms with E-state index in [0.717, 1.165) is 25.8 Å². The topological polar surface area (TPSA) is 29.1 Å².